The molecule has 2 fully saturated rings. The smallest absolute Gasteiger partial charge is 0.308 e. The average Bonchev–Trinajstić information content (AvgIpc) is 3.20. The van der Waals surface area contributed by atoms with Crippen LogP contribution in [0, 0.1) is 0 Å². The zero-order valence-corrected chi connectivity index (χ0v) is 33.4. The molecule has 0 aliphatic carbocycles. The van der Waals surface area contributed by atoms with Gasteiger partial charge in [0, 0.05) is 12.8 Å². The summed E-state index contributed by atoms with van der Waals surface area (Å²) in [5, 5.41) is 24.0. The van der Waals surface area contributed by atoms with E-state index < -0.39 is 57.0 Å². The molecule has 0 aromatic heterocycles. The highest BCUT2D eigenvalue weighted by Gasteiger charge is 2.51. The van der Waals surface area contributed by atoms with Crippen molar-refractivity contribution in [1.82, 2.24) is 0 Å². The molecule has 0 bridgehead atoms. The van der Waals surface area contributed by atoms with Gasteiger partial charge in [0.1, 0.15) is 18.8 Å². The maximum atomic E-state index is 13.2. The molecule has 2 heterocycles. The minimum absolute atomic E-state index is 0.0372. The molecule has 56 heavy (non-hydrogen) atoms. The zero-order chi connectivity index (χ0) is 39.5. The predicted molar refractivity (Wildman–Crippen MR) is 214 cm³/mol. The molecule has 0 amide bonds. The molecule has 2 aliphatic heterocycles. The fraction of sp³-hybridized carbons (Fsp3) is 0.422. The minimum Gasteiger partial charge on any atom is -0.462 e. The molecule has 7 atom stereocenters. The summed E-state index contributed by atoms with van der Waals surface area (Å²) in [7, 11) is -2.95. The van der Waals surface area contributed by atoms with Crippen molar-refractivity contribution in [2.75, 3.05) is 19.8 Å². The van der Waals surface area contributed by atoms with E-state index in [2.05, 4.69) is 45.0 Å². The van der Waals surface area contributed by atoms with Crippen molar-refractivity contribution in [3.05, 3.63) is 132 Å². The van der Waals surface area contributed by atoms with Crippen LogP contribution in [0.25, 0.3) is 0 Å². The van der Waals surface area contributed by atoms with Gasteiger partial charge >= 0.3 is 5.97 Å². The molecule has 11 heteroatoms. The highest BCUT2D eigenvalue weighted by molar-refractivity contribution is 6.99. The lowest BCUT2D eigenvalue weighted by Gasteiger charge is -2.44. The topological polar surface area (TPSA) is 130 Å². The Balaban J connectivity index is 1.07. The van der Waals surface area contributed by atoms with Gasteiger partial charge in [-0.15, -0.1) is 0 Å². The first kappa shape index (κ1) is 41.6. The first-order valence-corrected chi connectivity index (χ1v) is 21.3. The predicted octanol–water partition coefficient (Wildman–Crippen LogP) is 4.90. The van der Waals surface area contributed by atoms with E-state index in [9.17, 15) is 19.8 Å². The number of rotatable bonds is 16. The van der Waals surface area contributed by atoms with Crippen molar-refractivity contribution in [2.24, 2.45) is 0 Å². The Bertz CT molecular complexity index is 1770. The van der Waals surface area contributed by atoms with Gasteiger partial charge in [0.2, 0.25) is 0 Å². The molecular formula is C45H54O10Si. The van der Waals surface area contributed by atoms with Crippen LogP contribution in [0.15, 0.2) is 121 Å². The van der Waals surface area contributed by atoms with Crippen molar-refractivity contribution in [3.63, 3.8) is 0 Å². The summed E-state index contributed by atoms with van der Waals surface area (Å²) in [4.78, 5) is 26.3. The molecule has 298 valence electrons. The van der Waals surface area contributed by atoms with Gasteiger partial charge in [-0.3, -0.25) is 9.59 Å². The Morgan fingerprint density at radius 3 is 1.82 bits per heavy atom. The van der Waals surface area contributed by atoms with Crippen molar-refractivity contribution < 1.29 is 47.9 Å². The number of esters is 1. The number of carbonyl (C=O) groups is 2. The molecule has 0 spiro atoms. The lowest BCUT2D eigenvalue weighted by atomic mass is 9.96. The molecule has 0 saturated carbocycles. The minimum atomic E-state index is -2.95. The summed E-state index contributed by atoms with van der Waals surface area (Å²) in [6.45, 7) is 7.07. The second-order valence-corrected chi connectivity index (χ2v) is 19.9. The van der Waals surface area contributed by atoms with Crippen LogP contribution in [0.2, 0.25) is 5.04 Å². The summed E-state index contributed by atoms with van der Waals surface area (Å²) >= 11 is 0. The average molecular weight is 783 g/mol. The van der Waals surface area contributed by atoms with E-state index in [0.29, 0.717) is 13.2 Å². The maximum Gasteiger partial charge on any atom is 0.308 e. The molecule has 0 radical (unpaired) electrons. The molecule has 2 aliphatic rings. The Morgan fingerprint density at radius 1 is 0.696 bits per heavy atom. The summed E-state index contributed by atoms with van der Waals surface area (Å²) < 4.78 is 37.2. The van der Waals surface area contributed by atoms with Crippen LogP contribution in [0.5, 0.6) is 0 Å². The van der Waals surface area contributed by atoms with Gasteiger partial charge in [0.25, 0.3) is 8.32 Å². The number of aliphatic hydroxyl groups excluding tert-OH is 2. The Kier molecular flexibility index (Phi) is 14.4. The van der Waals surface area contributed by atoms with Gasteiger partial charge in [-0.2, -0.15) is 0 Å². The van der Waals surface area contributed by atoms with Gasteiger partial charge in [-0.1, -0.05) is 142 Å². The molecular weight excluding hydrogens is 729 g/mol. The van der Waals surface area contributed by atoms with E-state index >= 15 is 0 Å². The van der Waals surface area contributed by atoms with Crippen LogP contribution >= 0.6 is 0 Å². The van der Waals surface area contributed by atoms with Crippen LogP contribution in [-0.2, 0) is 50.9 Å². The summed E-state index contributed by atoms with van der Waals surface area (Å²) in [6.07, 6.45) is -6.06. The Hall–Kier alpha value is -4.04. The number of hydrogen-bond donors (Lipinski definition) is 2. The van der Waals surface area contributed by atoms with Gasteiger partial charge in [-0.25, -0.2) is 0 Å². The molecule has 4 aromatic carbocycles. The lowest BCUT2D eigenvalue weighted by Crippen LogP contribution is -2.67. The molecule has 2 unspecified atom stereocenters. The SMILES string of the molecule is CC(C)(C)[Si](OCC1OC(COC(=O)C[C@@H]2O[C@H](COCc3ccccc3)[C@@H](OCc3ccccc3)C[C@H]2O)C(=O)C[C@H]1O)(c1ccccc1)c1ccccc1. The number of benzene rings is 4. The highest BCUT2D eigenvalue weighted by Crippen LogP contribution is 2.37. The van der Waals surface area contributed by atoms with E-state index in [1.807, 2.05) is 97.1 Å². The number of ketones is 1. The van der Waals surface area contributed by atoms with Crippen LogP contribution in [0.1, 0.15) is 51.2 Å². The van der Waals surface area contributed by atoms with Crippen molar-refractivity contribution in [3.8, 4) is 0 Å². The first-order chi connectivity index (χ1) is 27.0. The summed E-state index contributed by atoms with van der Waals surface area (Å²) in [5.41, 5.74) is 1.99. The van der Waals surface area contributed by atoms with Crippen LogP contribution in [0.4, 0.5) is 0 Å². The third kappa shape index (κ3) is 10.5. The van der Waals surface area contributed by atoms with Crippen LogP contribution in [0.3, 0.4) is 0 Å². The Labute approximate surface area is 330 Å². The highest BCUT2D eigenvalue weighted by atomic mass is 28.4. The monoisotopic (exact) mass is 782 g/mol. The number of hydrogen-bond acceptors (Lipinski definition) is 10. The lowest BCUT2D eigenvalue weighted by molar-refractivity contribution is -0.208. The van der Waals surface area contributed by atoms with E-state index in [1.54, 1.807) is 0 Å². The van der Waals surface area contributed by atoms with Gasteiger partial charge in [0.05, 0.1) is 57.3 Å². The van der Waals surface area contributed by atoms with E-state index in [4.69, 9.17) is 28.1 Å². The second-order valence-electron chi connectivity index (χ2n) is 15.6. The Morgan fingerprint density at radius 2 is 1.25 bits per heavy atom. The standard InChI is InChI=1S/C45H54O10Si/c1-45(2,3)56(34-20-12-6-13-21-34,35-22-14-7-15-23-35)53-31-42-37(47)24-36(46)41(55-42)30-52-44(49)26-39-38(48)25-40(51-28-33-18-10-5-11-19-33)43(54-39)29-50-27-32-16-8-4-9-17-32/h4-23,37-43,47-48H,24-31H2,1-3H3/t37-,38-,39+,40+,41?,42?,43-/m1/s1. The van der Waals surface area contributed by atoms with E-state index in [0.717, 1.165) is 21.5 Å². The largest absolute Gasteiger partial charge is 0.462 e. The van der Waals surface area contributed by atoms with Crippen LogP contribution in [-0.4, -0.2) is 92.8 Å². The fourth-order valence-electron chi connectivity index (χ4n) is 7.58. The zero-order valence-electron chi connectivity index (χ0n) is 32.4. The first-order valence-electron chi connectivity index (χ1n) is 19.4. The van der Waals surface area contributed by atoms with Gasteiger partial charge < -0.3 is 38.3 Å². The number of Topliss-reactive ketones (excluding diaryl/α,β-unsaturated/α-hetero) is 1. The molecule has 2 N–H and O–H groups in total. The fourth-order valence-corrected chi connectivity index (χ4v) is 12.2. The third-order valence-electron chi connectivity index (χ3n) is 10.5. The number of carbonyl (C=O) groups excluding carboxylic acids is 2. The molecule has 4 aromatic rings. The van der Waals surface area contributed by atoms with E-state index in [-0.39, 0.29) is 49.9 Å². The summed E-state index contributed by atoms with van der Waals surface area (Å²) in [5.74, 6) is -1.01. The summed E-state index contributed by atoms with van der Waals surface area (Å²) in [6, 6.07) is 39.8. The molecule has 6 rings (SSSR count). The van der Waals surface area contributed by atoms with Crippen molar-refractivity contribution >= 4 is 30.4 Å². The molecule has 10 nitrogen and oxygen atoms in total. The van der Waals surface area contributed by atoms with Crippen LogP contribution < -0.4 is 10.4 Å². The maximum absolute atomic E-state index is 13.2. The quantitative estimate of drug-likeness (QED) is 0.120. The van der Waals surface area contributed by atoms with Crippen molar-refractivity contribution in [1.29, 1.82) is 0 Å². The second kappa shape index (κ2) is 19.4. The van der Waals surface area contributed by atoms with Gasteiger partial charge in [-0.05, 0) is 26.5 Å². The van der Waals surface area contributed by atoms with E-state index in [1.165, 1.54) is 0 Å². The number of ether oxygens (including phenoxy) is 5. The van der Waals surface area contributed by atoms with Gasteiger partial charge in [0.15, 0.2) is 11.9 Å². The third-order valence-corrected chi connectivity index (χ3v) is 15.6. The van der Waals surface area contributed by atoms with Crippen molar-refractivity contribution in [2.45, 2.75) is 101 Å². The normalized spacial score (nSPS) is 24.4. The molecule has 2 saturated heterocycles. The number of aliphatic hydroxyl groups is 2.